The van der Waals surface area contributed by atoms with Crippen LogP contribution in [-0.2, 0) is 0 Å². The summed E-state index contributed by atoms with van der Waals surface area (Å²) >= 11 is 0. The monoisotopic (exact) mass is 359 g/mol. The fraction of sp³-hybridized carbons (Fsp3) is 0.316. The molecule has 1 unspecified atom stereocenters. The first kappa shape index (κ1) is 17.9. The van der Waals surface area contributed by atoms with Crippen LogP contribution < -0.4 is 24.3 Å². The summed E-state index contributed by atoms with van der Waals surface area (Å²) in [4.78, 5) is 12.1. The standard InChI is InChI=1S/C19H21NO6/c1-2-23-15-5-3-13(4-6-15)19(22)20-10-14(21)11-24-16-7-8-17-18(9-16)26-12-25-17/h3-9,14,21H,2,10-12H2,1H3,(H,20,22). The molecule has 0 bridgehead atoms. The van der Waals surface area contributed by atoms with Gasteiger partial charge in [-0.1, -0.05) is 0 Å². The van der Waals surface area contributed by atoms with E-state index < -0.39 is 6.10 Å². The molecule has 2 N–H and O–H groups in total. The van der Waals surface area contributed by atoms with Gasteiger partial charge < -0.3 is 29.4 Å². The highest BCUT2D eigenvalue weighted by molar-refractivity contribution is 5.94. The van der Waals surface area contributed by atoms with Gasteiger partial charge in [-0.05, 0) is 43.3 Å². The van der Waals surface area contributed by atoms with Crippen LogP contribution in [0.1, 0.15) is 17.3 Å². The Morgan fingerprint density at radius 1 is 1.12 bits per heavy atom. The third-order valence-corrected chi connectivity index (χ3v) is 3.71. The van der Waals surface area contributed by atoms with Gasteiger partial charge >= 0.3 is 0 Å². The molecule has 0 spiro atoms. The Labute approximate surface area is 151 Å². The number of carbonyl (C=O) groups is 1. The van der Waals surface area contributed by atoms with Crippen molar-refractivity contribution < 1.29 is 28.8 Å². The molecule has 0 saturated carbocycles. The average Bonchev–Trinajstić information content (AvgIpc) is 3.13. The van der Waals surface area contributed by atoms with Crippen LogP contribution in [0.25, 0.3) is 0 Å². The van der Waals surface area contributed by atoms with Crippen molar-refractivity contribution in [1.29, 1.82) is 0 Å². The second-order valence-corrected chi connectivity index (χ2v) is 5.65. The molecule has 0 saturated heterocycles. The first-order valence-electron chi connectivity index (χ1n) is 8.37. The van der Waals surface area contributed by atoms with Gasteiger partial charge in [-0.15, -0.1) is 0 Å². The molecule has 7 heteroatoms. The summed E-state index contributed by atoms with van der Waals surface area (Å²) in [6.07, 6.45) is -0.841. The van der Waals surface area contributed by atoms with Crippen LogP contribution in [0.5, 0.6) is 23.0 Å². The molecular weight excluding hydrogens is 338 g/mol. The number of benzene rings is 2. The molecule has 1 heterocycles. The quantitative estimate of drug-likeness (QED) is 0.750. The number of rotatable bonds is 8. The summed E-state index contributed by atoms with van der Waals surface area (Å²) in [5, 5.41) is 12.7. The van der Waals surface area contributed by atoms with Crippen molar-refractivity contribution in [3.05, 3.63) is 48.0 Å². The van der Waals surface area contributed by atoms with Crippen molar-refractivity contribution >= 4 is 5.91 Å². The summed E-state index contributed by atoms with van der Waals surface area (Å²) in [5.74, 6) is 2.28. The number of amides is 1. The molecule has 7 nitrogen and oxygen atoms in total. The lowest BCUT2D eigenvalue weighted by atomic mass is 10.2. The Morgan fingerprint density at radius 3 is 2.62 bits per heavy atom. The van der Waals surface area contributed by atoms with E-state index in [0.29, 0.717) is 35.2 Å². The maximum Gasteiger partial charge on any atom is 0.251 e. The van der Waals surface area contributed by atoms with Crippen molar-refractivity contribution in [2.24, 2.45) is 0 Å². The van der Waals surface area contributed by atoms with Crippen molar-refractivity contribution in [2.75, 3.05) is 26.6 Å². The smallest absolute Gasteiger partial charge is 0.251 e. The Hall–Kier alpha value is -2.93. The van der Waals surface area contributed by atoms with E-state index in [1.165, 1.54) is 0 Å². The zero-order chi connectivity index (χ0) is 18.4. The lowest BCUT2D eigenvalue weighted by Crippen LogP contribution is -2.35. The molecule has 1 amide bonds. The molecule has 0 fully saturated rings. The maximum atomic E-state index is 12.1. The third kappa shape index (κ3) is 4.58. The normalized spacial score (nSPS) is 13.2. The molecule has 2 aromatic rings. The van der Waals surface area contributed by atoms with E-state index in [1.807, 2.05) is 6.92 Å². The SMILES string of the molecule is CCOc1ccc(C(=O)NCC(O)COc2ccc3c(c2)OCO3)cc1. The van der Waals surface area contributed by atoms with Gasteiger partial charge in [-0.25, -0.2) is 0 Å². The van der Waals surface area contributed by atoms with E-state index in [1.54, 1.807) is 42.5 Å². The Balaban J connectivity index is 1.43. The fourth-order valence-corrected chi connectivity index (χ4v) is 2.40. The van der Waals surface area contributed by atoms with Crippen molar-refractivity contribution in [1.82, 2.24) is 5.32 Å². The second-order valence-electron chi connectivity index (χ2n) is 5.65. The number of nitrogens with one attached hydrogen (secondary N) is 1. The summed E-state index contributed by atoms with van der Waals surface area (Å²) in [6, 6.07) is 12.0. The zero-order valence-corrected chi connectivity index (χ0v) is 14.4. The van der Waals surface area contributed by atoms with Gasteiger partial charge in [0.1, 0.15) is 24.2 Å². The first-order valence-corrected chi connectivity index (χ1v) is 8.37. The Bertz CT molecular complexity index is 746. The van der Waals surface area contributed by atoms with Gasteiger partial charge in [0, 0.05) is 18.2 Å². The van der Waals surface area contributed by atoms with Gasteiger partial charge in [0.25, 0.3) is 5.91 Å². The van der Waals surface area contributed by atoms with E-state index in [9.17, 15) is 9.90 Å². The molecule has 0 radical (unpaired) electrons. The van der Waals surface area contributed by atoms with Gasteiger partial charge in [0.2, 0.25) is 6.79 Å². The van der Waals surface area contributed by atoms with Crippen molar-refractivity contribution in [3.8, 4) is 23.0 Å². The number of ether oxygens (including phenoxy) is 4. The zero-order valence-electron chi connectivity index (χ0n) is 14.4. The van der Waals surface area contributed by atoms with E-state index >= 15 is 0 Å². The van der Waals surface area contributed by atoms with Crippen molar-refractivity contribution in [3.63, 3.8) is 0 Å². The highest BCUT2D eigenvalue weighted by Crippen LogP contribution is 2.35. The minimum absolute atomic E-state index is 0.0448. The number of hydrogen-bond acceptors (Lipinski definition) is 6. The highest BCUT2D eigenvalue weighted by Gasteiger charge is 2.15. The van der Waals surface area contributed by atoms with Crippen LogP contribution in [0.2, 0.25) is 0 Å². The number of hydrogen-bond donors (Lipinski definition) is 2. The van der Waals surface area contributed by atoms with Gasteiger partial charge in [-0.2, -0.15) is 0 Å². The average molecular weight is 359 g/mol. The fourth-order valence-electron chi connectivity index (χ4n) is 2.40. The summed E-state index contributed by atoms with van der Waals surface area (Å²) in [5.41, 5.74) is 0.498. The molecular formula is C19H21NO6. The first-order chi connectivity index (χ1) is 12.7. The summed E-state index contributed by atoms with van der Waals surface area (Å²) in [6.45, 7) is 2.79. The molecule has 138 valence electrons. The number of fused-ring (bicyclic) bond motifs is 1. The molecule has 2 aromatic carbocycles. The van der Waals surface area contributed by atoms with E-state index in [2.05, 4.69) is 5.32 Å². The summed E-state index contributed by atoms with van der Waals surface area (Å²) < 4.78 is 21.3. The van der Waals surface area contributed by atoms with Crippen LogP contribution >= 0.6 is 0 Å². The minimum Gasteiger partial charge on any atom is -0.494 e. The van der Waals surface area contributed by atoms with Crippen LogP contribution in [0.3, 0.4) is 0 Å². The van der Waals surface area contributed by atoms with Crippen LogP contribution in [0.15, 0.2) is 42.5 Å². The van der Waals surface area contributed by atoms with E-state index in [0.717, 1.165) is 0 Å². The van der Waals surface area contributed by atoms with Crippen LogP contribution in [0.4, 0.5) is 0 Å². The van der Waals surface area contributed by atoms with Crippen LogP contribution in [0, 0.1) is 0 Å². The van der Waals surface area contributed by atoms with E-state index in [-0.39, 0.29) is 25.9 Å². The Kier molecular flexibility index (Phi) is 5.80. The van der Waals surface area contributed by atoms with E-state index in [4.69, 9.17) is 18.9 Å². The van der Waals surface area contributed by atoms with Gasteiger partial charge in [0.15, 0.2) is 11.5 Å². The summed E-state index contributed by atoms with van der Waals surface area (Å²) in [7, 11) is 0. The molecule has 26 heavy (non-hydrogen) atoms. The predicted octanol–water partition coefficient (Wildman–Crippen LogP) is 1.98. The molecule has 1 aliphatic heterocycles. The van der Waals surface area contributed by atoms with Gasteiger partial charge in [-0.3, -0.25) is 4.79 Å². The molecule has 0 aliphatic carbocycles. The molecule has 3 rings (SSSR count). The largest absolute Gasteiger partial charge is 0.494 e. The molecule has 1 aliphatic rings. The lowest BCUT2D eigenvalue weighted by molar-refractivity contribution is 0.0843. The van der Waals surface area contributed by atoms with Gasteiger partial charge in [0.05, 0.1) is 6.61 Å². The third-order valence-electron chi connectivity index (χ3n) is 3.71. The lowest BCUT2D eigenvalue weighted by Gasteiger charge is -2.14. The topological polar surface area (TPSA) is 86.3 Å². The number of aliphatic hydroxyl groups excluding tert-OH is 1. The predicted molar refractivity (Wildman–Crippen MR) is 94.0 cm³/mol. The van der Waals surface area contributed by atoms with Crippen LogP contribution in [-0.4, -0.2) is 43.7 Å². The highest BCUT2D eigenvalue weighted by atomic mass is 16.7. The number of aliphatic hydroxyl groups is 1. The van der Waals surface area contributed by atoms with Crippen molar-refractivity contribution in [2.45, 2.75) is 13.0 Å². The minimum atomic E-state index is -0.841. The second kappa shape index (κ2) is 8.44. The Morgan fingerprint density at radius 2 is 1.85 bits per heavy atom. The maximum absolute atomic E-state index is 12.1. The number of carbonyl (C=O) groups excluding carboxylic acids is 1. The molecule has 1 atom stereocenters. The molecule has 0 aromatic heterocycles.